The molecule has 1 aliphatic rings. The van der Waals surface area contributed by atoms with Crippen LogP contribution in [0.2, 0.25) is 0 Å². The number of aryl methyl sites for hydroxylation is 1. The number of hydrogen-bond acceptors (Lipinski definition) is 5. The van der Waals surface area contributed by atoms with E-state index in [2.05, 4.69) is 27.2 Å². The molecule has 0 amide bonds. The van der Waals surface area contributed by atoms with Gasteiger partial charge in [-0.3, -0.25) is 9.58 Å². The highest BCUT2D eigenvalue weighted by Gasteiger charge is 2.22. The fraction of sp³-hybridized carbons (Fsp3) is 0.600. The van der Waals surface area contributed by atoms with Crippen LogP contribution >= 0.6 is 0 Å². The van der Waals surface area contributed by atoms with E-state index in [0.717, 1.165) is 44.1 Å². The maximum atomic E-state index is 5.41. The smallest absolute Gasteiger partial charge is 0.143 e. The molecule has 0 saturated carbocycles. The predicted molar refractivity (Wildman–Crippen MR) is 79.6 cm³/mol. The molecule has 1 fully saturated rings. The molecule has 1 N–H and O–H groups in total. The van der Waals surface area contributed by atoms with E-state index >= 15 is 0 Å². The molecule has 21 heavy (non-hydrogen) atoms. The van der Waals surface area contributed by atoms with Crippen molar-refractivity contribution < 1.29 is 4.42 Å². The molecule has 0 bridgehead atoms. The van der Waals surface area contributed by atoms with Crippen LogP contribution in [-0.4, -0.2) is 38.8 Å². The first-order valence-corrected chi connectivity index (χ1v) is 7.57. The van der Waals surface area contributed by atoms with Gasteiger partial charge in [0.25, 0.3) is 0 Å². The molecule has 114 valence electrons. The lowest BCUT2D eigenvalue weighted by Gasteiger charge is -2.33. The maximum absolute atomic E-state index is 5.41. The number of rotatable bonds is 5. The van der Waals surface area contributed by atoms with E-state index in [1.807, 2.05) is 23.9 Å². The summed E-state index contributed by atoms with van der Waals surface area (Å²) in [5.74, 6) is 2.04. The van der Waals surface area contributed by atoms with E-state index in [1.54, 1.807) is 12.6 Å². The van der Waals surface area contributed by atoms with Crippen molar-refractivity contribution in [2.45, 2.75) is 38.4 Å². The van der Waals surface area contributed by atoms with Crippen LogP contribution in [0.15, 0.2) is 29.1 Å². The first-order chi connectivity index (χ1) is 10.2. The first-order valence-electron chi connectivity index (χ1n) is 7.57. The van der Waals surface area contributed by atoms with Gasteiger partial charge in [-0.15, -0.1) is 0 Å². The van der Waals surface area contributed by atoms with Gasteiger partial charge in [0.05, 0.1) is 18.8 Å². The molecule has 0 aliphatic carbocycles. The van der Waals surface area contributed by atoms with Gasteiger partial charge in [-0.05, 0) is 31.9 Å². The van der Waals surface area contributed by atoms with Gasteiger partial charge < -0.3 is 9.73 Å². The van der Waals surface area contributed by atoms with Gasteiger partial charge in [0, 0.05) is 26.2 Å². The third-order valence-electron chi connectivity index (χ3n) is 4.17. The fourth-order valence-electron chi connectivity index (χ4n) is 3.01. The Morgan fingerprint density at radius 1 is 1.43 bits per heavy atom. The van der Waals surface area contributed by atoms with Gasteiger partial charge in [0.15, 0.2) is 0 Å². The monoisotopic (exact) mass is 289 g/mol. The minimum atomic E-state index is 0.235. The van der Waals surface area contributed by atoms with Gasteiger partial charge in [-0.2, -0.15) is 5.10 Å². The second kappa shape index (κ2) is 6.41. The normalized spacial score (nSPS) is 19.0. The van der Waals surface area contributed by atoms with Crippen LogP contribution in [0.5, 0.6) is 0 Å². The number of likely N-dealkylation sites (tertiary alicyclic amines) is 1. The Labute approximate surface area is 125 Å². The van der Waals surface area contributed by atoms with E-state index in [-0.39, 0.29) is 6.04 Å². The molecule has 3 rings (SSSR count). The van der Waals surface area contributed by atoms with Crippen molar-refractivity contribution in [1.82, 2.24) is 25.0 Å². The summed E-state index contributed by atoms with van der Waals surface area (Å²) in [4.78, 5) is 6.76. The summed E-state index contributed by atoms with van der Waals surface area (Å²) in [6, 6.07) is 4.77. The van der Waals surface area contributed by atoms with Crippen molar-refractivity contribution in [3.63, 3.8) is 0 Å². The standard InChI is InChI=1S/C15H23N5O/c1-12(15-16-11-17-19(15)2)18-13-5-7-20(8-6-13)10-14-4-3-9-21-14/h3-4,9,11-13,18H,5-8,10H2,1-2H3/t12-/m0/s1. The Kier molecular flexibility index (Phi) is 4.36. The highest BCUT2D eigenvalue weighted by molar-refractivity contribution is 4.99. The highest BCUT2D eigenvalue weighted by Crippen LogP contribution is 2.17. The largest absolute Gasteiger partial charge is 0.468 e. The molecule has 0 unspecified atom stereocenters. The summed E-state index contributed by atoms with van der Waals surface area (Å²) >= 11 is 0. The second-order valence-electron chi connectivity index (χ2n) is 5.76. The van der Waals surface area contributed by atoms with Gasteiger partial charge in [0.1, 0.15) is 17.9 Å². The van der Waals surface area contributed by atoms with Crippen LogP contribution in [0.3, 0.4) is 0 Å². The topological polar surface area (TPSA) is 59.1 Å². The quantitative estimate of drug-likeness (QED) is 0.908. The lowest BCUT2D eigenvalue weighted by molar-refractivity contribution is 0.173. The van der Waals surface area contributed by atoms with Gasteiger partial charge in [0.2, 0.25) is 0 Å². The van der Waals surface area contributed by atoms with Crippen molar-refractivity contribution in [2.75, 3.05) is 13.1 Å². The molecule has 0 radical (unpaired) electrons. The van der Waals surface area contributed by atoms with Crippen LogP contribution in [0.1, 0.15) is 37.4 Å². The first kappa shape index (κ1) is 14.3. The molecule has 1 saturated heterocycles. The number of aromatic nitrogens is 3. The maximum Gasteiger partial charge on any atom is 0.143 e. The minimum Gasteiger partial charge on any atom is -0.468 e. The van der Waals surface area contributed by atoms with Gasteiger partial charge in [-0.25, -0.2) is 4.98 Å². The predicted octanol–water partition coefficient (Wildman–Crippen LogP) is 1.72. The molecule has 6 heteroatoms. The average molecular weight is 289 g/mol. The molecule has 1 atom stereocenters. The van der Waals surface area contributed by atoms with E-state index in [0.29, 0.717) is 6.04 Å². The number of nitrogens with zero attached hydrogens (tertiary/aromatic N) is 4. The summed E-state index contributed by atoms with van der Waals surface area (Å²) in [6.45, 7) is 5.27. The highest BCUT2D eigenvalue weighted by atomic mass is 16.3. The number of piperidine rings is 1. The van der Waals surface area contributed by atoms with Crippen molar-refractivity contribution in [2.24, 2.45) is 7.05 Å². The summed E-state index contributed by atoms with van der Waals surface area (Å²) in [7, 11) is 1.94. The van der Waals surface area contributed by atoms with Crippen LogP contribution in [-0.2, 0) is 13.6 Å². The average Bonchev–Trinajstić information content (AvgIpc) is 3.12. The number of furan rings is 1. The van der Waals surface area contributed by atoms with Crippen molar-refractivity contribution in [3.8, 4) is 0 Å². The van der Waals surface area contributed by atoms with Gasteiger partial charge in [-0.1, -0.05) is 0 Å². The van der Waals surface area contributed by atoms with Crippen LogP contribution in [0, 0.1) is 0 Å². The summed E-state index contributed by atoms with van der Waals surface area (Å²) in [5.41, 5.74) is 0. The third kappa shape index (κ3) is 3.51. The van der Waals surface area contributed by atoms with Crippen LogP contribution in [0.4, 0.5) is 0 Å². The van der Waals surface area contributed by atoms with E-state index in [9.17, 15) is 0 Å². The van der Waals surface area contributed by atoms with Crippen molar-refractivity contribution in [3.05, 3.63) is 36.3 Å². The zero-order valence-corrected chi connectivity index (χ0v) is 12.7. The Balaban J connectivity index is 1.46. The van der Waals surface area contributed by atoms with Crippen molar-refractivity contribution >= 4 is 0 Å². The van der Waals surface area contributed by atoms with E-state index < -0.39 is 0 Å². The van der Waals surface area contributed by atoms with Crippen LogP contribution in [0.25, 0.3) is 0 Å². The zero-order valence-electron chi connectivity index (χ0n) is 12.7. The number of nitrogens with one attached hydrogen (secondary N) is 1. The molecular weight excluding hydrogens is 266 g/mol. The Hall–Kier alpha value is -1.66. The molecule has 2 aromatic heterocycles. The van der Waals surface area contributed by atoms with Crippen LogP contribution < -0.4 is 5.32 Å². The zero-order chi connectivity index (χ0) is 14.7. The van der Waals surface area contributed by atoms with Gasteiger partial charge >= 0.3 is 0 Å². The number of hydrogen-bond donors (Lipinski definition) is 1. The Morgan fingerprint density at radius 2 is 2.24 bits per heavy atom. The fourth-order valence-corrected chi connectivity index (χ4v) is 3.01. The Morgan fingerprint density at radius 3 is 2.86 bits per heavy atom. The molecular formula is C15H23N5O. The third-order valence-corrected chi connectivity index (χ3v) is 4.17. The lowest BCUT2D eigenvalue weighted by Crippen LogP contribution is -2.43. The SMILES string of the molecule is C[C@H](NC1CCN(Cc2ccco2)CC1)c1ncnn1C. The second-order valence-corrected chi connectivity index (χ2v) is 5.76. The van der Waals surface area contributed by atoms with E-state index in [4.69, 9.17) is 4.42 Å². The molecule has 2 aromatic rings. The van der Waals surface area contributed by atoms with Crippen molar-refractivity contribution in [1.29, 1.82) is 0 Å². The summed E-state index contributed by atoms with van der Waals surface area (Å²) in [5, 5.41) is 7.80. The molecule has 0 aromatic carbocycles. The van der Waals surface area contributed by atoms with E-state index in [1.165, 1.54) is 0 Å². The molecule has 1 aliphatic heterocycles. The summed E-state index contributed by atoms with van der Waals surface area (Å²) < 4.78 is 7.25. The lowest BCUT2D eigenvalue weighted by atomic mass is 10.0. The molecule has 0 spiro atoms. The molecule has 6 nitrogen and oxygen atoms in total. The summed E-state index contributed by atoms with van der Waals surface area (Å²) in [6.07, 6.45) is 5.66. The Bertz CT molecular complexity index is 542. The minimum absolute atomic E-state index is 0.235. The molecule has 3 heterocycles.